The highest BCUT2D eigenvalue weighted by molar-refractivity contribution is 5.81. The minimum absolute atomic E-state index is 0.234. The molecule has 0 saturated heterocycles. The average Bonchev–Trinajstić information content (AvgIpc) is 2.58. The second-order valence-electron chi connectivity index (χ2n) is 5.35. The Balaban J connectivity index is 2.05. The molecular weight excluding hydrogens is 198 g/mol. The average molecular weight is 217 g/mol. The predicted octanol–water partition coefficient (Wildman–Crippen LogP) is 2.62. The van der Waals surface area contributed by atoms with Crippen molar-refractivity contribution < 1.29 is 4.79 Å². The van der Waals surface area contributed by atoms with Gasteiger partial charge in [-0.25, -0.2) is 0 Å². The molecule has 0 spiro atoms. The standard InChI is InChI=1S/C14H19NO/c1-11(16)14(2,3)10-15-8-12-6-4-5-7-13(12)9-15/h4-7H,8-10H2,1-3H3. The zero-order valence-corrected chi connectivity index (χ0v) is 10.3. The van der Waals surface area contributed by atoms with Crippen LogP contribution in [0.2, 0.25) is 0 Å². The molecule has 0 bridgehead atoms. The third kappa shape index (κ3) is 2.17. The topological polar surface area (TPSA) is 20.3 Å². The summed E-state index contributed by atoms with van der Waals surface area (Å²) in [6.45, 7) is 8.54. The van der Waals surface area contributed by atoms with Gasteiger partial charge in [0, 0.05) is 25.0 Å². The molecule has 1 aromatic carbocycles. The Kier molecular flexibility index (Phi) is 2.85. The maximum absolute atomic E-state index is 11.5. The van der Waals surface area contributed by atoms with Gasteiger partial charge < -0.3 is 0 Å². The molecule has 0 radical (unpaired) electrons. The fraction of sp³-hybridized carbons (Fsp3) is 0.500. The van der Waals surface area contributed by atoms with Gasteiger partial charge in [0.15, 0.2) is 0 Å². The van der Waals surface area contributed by atoms with E-state index in [0.29, 0.717) is 0 Å². The van der Waals surface area contributed by atoms with Crippen LogP contribution in [-0.4, -0.2) is 17.2 Å². The largest absolute Gasteiger partial charge is 0.299 e. The Morgan fingerprint density at radius 1 is 1.25 bits per heavy atom. The normalized spacial score (nSPS) is 16.2. The van der Waals surface area contributed by atoms with Gasteiger partial charge in [-0.3, -0.25) is 9.69 Å². The molecule has 1 aromatic rings. The van der Waals surface area contributed by atoms with E-state index in [1.54, 1.807) is 6.92 Å². The van der Waals surface area contributed by atoms with Gasteiger partial charge in [-0.15, -0.1) is 0 Å². The van der Waals surface area contributed by atoms with E-state index in [-0.39, 0.29) is 11.2 Å². The molecule has 86 valence electrons. The van der Waals surface area contributed by atoms with Crippen LogP contribution < -0.4 is 0 Å². The van der Waals surface area contributed by atoms with Crippen LogP contribution >= 0.6 is 0 Å². The van der Waals surface area contributed by atoms with E-state index in [1.807, 2.05) is 13.8 Å². The molecule has 0 amide bonds. The number of rotatable bonds is 3. The predicted molar refractivity (Wildman–Crippen MR) is 65.0 cm³/mol. The van der Waals surface area contributed by atoms with E-state index < -0.39 is 0 Å². The molecule has 0 aromatic heterocycles. The van der Waals surface area contributed by atoms with Crippen molar-refractivity contribution in [2.75, 3.05) is 6.54 Å². The highest BCUT2D eigenvalue weighted by Crippen LogP contribution is 2.27. The molecule has 1 aliphatic rings. The van der Waals surface area contributed by atoms with Gasteiger partial charge in [0.2, 0.25) is 0 Å². The molecule has 0 N–H and O–H groups in total. The molecule has 0 unspecified atom stereocenters. The van der Waals surface area contributed by atoms with Gasteiger partial charge in [0.05, 0.1) is 0 Å². The second-order valence-corrected chi connectivity index (χ2v) is 5.35. The molecule has 0 saturated carbocycles. The van der Waals surface area contributed by atoms with Gasteiger partial charge in [0.25, 0.3) is 0 Å². The lowest BCUT2D eigenvalue weighted by molar-refractivity contribution is -0.125. The van der Waals surface area contributed by atoms with Crippen LogP contribution in [0.5, 0.6) is 0 Å². The van der Waals surface area contributed by atoms with Crippen molar-refractivity contribution >= 4 is 5.78 Å². The molecule has 0 fully saturated rings. The zero-order chi connectivity index (χ0) is 11.8. The maximum atomic E-state index is 11.5. The molecule has 0 atom stereocenters. The van der Waals surface area contributed by atoms with Crippen LogP contribution in [0.4, 0.5) is 0 Å². The van der Waals surface area contributed by atoms with Gasteiger partial charge in [-0.05, 0) is 18.1 Å². The summed E-state index contributed by atoms with van der Waals surface area (Å²) in [5.41, 5.74) is 2.57. The number of hydrogen-bond donors (Lipinski definition) is 0. The summed E-state index contributed by atoms with van der Waals surface area (Å²) < 4.78 is 0. The van der Waals surface area contributed by atoms with Crippen molar-refractivity contribution in [3.63, 3.8) is 0 Å². The molecule has 1 aliphatic heterocycles. The highest BCUT2D eigenvalue weighted by atomic mass is 16.1. The van der Waals surface area contributed by atoms with E-state index in [4.69, 9.17) is 0 Å². The lowest BCUT2D eigenvalue weighted by Crippen LogP contribution is -2.35. The minimum Gasteiger partial charge on any atom is -0.299 e. The fourth-order valence-corrected chi connectivity index (χ4v) is 2.19. The van der Waals surface area contributed by atoms with Crippen LogP contribution in [0.15, 0.2) is 24.3 Å². The van der Waals surface area contributed by atoms with Gasteiger partial charge >= 0.3 is 0 Å². The number of nitrogens with zero attached hydrogens (tertiary/aromatic N) is 1. The van der Waals surface area contributed by atoms with Crippen LogP contribution in [0.1, 0.15) is 31.9 Å². The second kappa shape index (κ2) is 4.02. The molecule has 2 nitrogen and oxygen atoms in total. The first-order chi connectivity index (χ1) is 7.49. The summed E-state index contributed by atoms with van der Waals surface area (Å²) >= 11 is 0. The number of fused-ring (bicyclic) bond motifs is 1. The summed E-state index contributed by atoms with van der Waals surface area (Å²) in [4.78, 5) is 13.9. The van der Waals surface area contributed by atoms with Crippen LogP contribution in [0, 0.1) is 5.41 Å². The maximum Gasteiger partial charge on any atom is 0.136 e. The number of benzene rings is 1. The third-order valence-corrected chi connectivity index (χ3v) is 3.48. The minimum atomic E-state index is -0.234. The van der Waals surface area contributed by atoms with Crippen LogP contribution in [0.25, 0.3) is 0 Å². The Morgan fingerprint density at radius 3 is 2.19 bits per heavy atom. The van der Waals surface area contributed by atoms with Gasteiger partial charge in [-0.2, -0.15) is 0 Å². The van der Waals surface area contributed by atoms with Crippen molar-refractivity contribution in [3.05, 3.63) is 35.4 Å². The third-order valence-electron chi connectivity index (χ3n) is 3.48. The Bertz CT molecular complexity index is 384. The number of Topliss-reactive ketones (excluding diaryl/α,β-unsaturated/α-hetero) is 1. The van der Waals surface area contributed by atoms with Gasteiger partial charge in [0.1, 0.15) is 5.78 Å². The summed E-state index contributed by atoms with van der Waals surface area (Å²) in [6, 6.07) is 8.52. The number of ketones is 1. The van der Waals surface area contributed by atoms with Crippen molar-refractivity contribution in [3.8, 4) is 0 Å². The molecule has 2 heteroatoms. The number of hydrogen-bond acceptors (Lipinski definition) is 2. The molecule has 2 rings (SSSR count). The Hall–Kier alpha value is -1.15. The summed E-state index contributed by atoms with van der Waals surface area (Å²) in [7, 11) is 0. The molecule has 16 heavy (non-hydrogen) atoms. The smallest absolute Gasteiger partial charge is 0.136 e. The zero-order valence-electron chi connectivity index (χ0n) is 10.3. The summed E-state index contributed by atoms with van der Waals surface area (Å²) in [6.07, 6.45) is 0. The van der Waals surface area contributed by atoms with Crippen LogP contribution in [-0.2, 0) is 17.9 Å². The first-order valence-electron chi connectivity index (χ1n) is 5.79. The highest BCUT2D eigenvalue weighted by Gasteiger charge is 2.29. The Labute approximate surface area is 97.3 Å². The van der Waals surface area contributed by atoms with Crippen molar-refractivity contribution in [1.82, 2.24) is 4.90 Å². The number of carbonyl (C=O) groups excluding carboxylic acids is 1. The van der Waals surface area contributed by atoms with E-state index in [2.05, 4.69) is 29.2 Å². The van der Waals surface area contributed by atoms with Crippen molar-refractivity contribution in [1.29, 1.82) is 0 Å². The van der Waals surface area contributed by atoms with Crippen molar-refractivity contribution in [2.45, 2.75) is 33.9 Å². The lowest BCUT2D eigenvalue weighted by atomic mass is 9.88. The van der Waals surface area contributed by atoms with Crippen LogP contribution in [0.3, 0.4) is 0 Å². The summed E-state index contributed by atoms with van der Waals surface area (Å²) in [5, 5.41) is 0. The monoisotopic (exact) mass is 217 g/mol. The Morgan fingerprint density at radius 2 is 1.75 bits per heavy atom. The first kappa shape index (κ1) is 11.3. The van der Waals surface area contributed by atoms with E-state index in [9.17, 15) is 4.79 Å². The van der Waals surface area contributed by atoms with Crippen molar-refractivity contribution in [2.24, 2.45) is 5.41 Å². The van der Waals surface area contributed by atoms with E-state index in [0.717, 1.165) is 19.6 Å². The SMILES string of the molecule is CC(=O)C(C)(C)CN1Cc2ccccc2C1. The molecule has 1 heterocycles. The fourth-order valence-electron chi connectivity index (χ4n) is 2.19. The molecular formula is C14H19NO. The number of carbonyl (C=O) groups is 1. The van der Waals surface area contributed by atoms with E-state index >= 15 is 0 Å². The quantitative estimate of drug-likeness (QED) is 0.775. The van der Waals surface area contributed by atoms with Gasteiger partial charge in [-0.1, -0.05) is 38.1 Å². The summed E-state index contributed by atoms with van der Waals surface area (Å²) in [5.74, 6) is 0.267. The van der Waals surface area contributed by atoms with E-state index in [1.165, 1.54) is 11.1 Å². The lowest BCUT2D eigenvalue weighted by Gasteiger charge is -2.27. The first-order valence-corrected chi connectivity index (χ1v) is 5.79. The molecule has 0 aliphatic carbocycles.